The lowest BCUT2D eigenvalue weighted by molar-refractivity contribution is -0.139. The van der Waals surface area contributed by atoms with Crippen molar-refractivity contribution in [3.63, 3.8) is 0 Å². The van der Waals surface area contributed by atoms with E-state index in [0.29, 0.717) is 6.61 Å². The molecule has 1 N–H and O–H groups in total. The molecule has 5 nitrogen and oxygen atoms in total. The Morgan fingerprint density at radius 3 is 3.14 bits per heavy atom. The van der Waals surface area contributed by atoms with Crippen LogP contribution < -0.4 is 5.32 Å². The number of piperazine rings is 1. The third-order valence-electron chi connectivity index (χ3n) is 3.50. The summed E-state index contributed by atoms with van der Waals surface area (Å²) in [7, 11) is 0. The lowest BCUT2D eigenvalue weighted by Gasteiger charge is -2.36. The van der Waals surface area contributed by atoms with Gasteiger partial charge in [0.25, 0.3) is 0 Å². The third-order valence-corrected chi connectivity index (χ3v) is 3.50. The highest BCUT2D eigenvalue weighted by Gasteiger charge is 2.27. The van der Waals surface area contributed by atoms with Gasteiger partial charge < -0.3 is 15.0 Å². The van der Waals surface area contributed by atoms with Crippen LogP contribution in [0.3, 0.4) is 0 Å². The largest absolute Gasteiger partial charge is 0.372 e. The fraction of sp³-hybridized carbons (Fsp3) is 0.600. The van der Waals surface area contributed by atoms with Crippen LogP contribution in [0.25, 0.3) is 0 Å². The Morgan fingerprint density at radius 2 is 2.43 bits per heavy atom. The van der Waals surface area contributed by atoms with Crippen molar-refractivity contribution in [2.45, 2.75) is 25.8 Å². The number of pyridine rings is 1. The fourth-order valence-electron chi connectivity index (χ4n) is 2.36. The van der Waals surface area contributed by atoms with Gasteiger partial charge in [-0.05, 0) is 18.1 Å². The van der Waals surface area contributed by atoms with Gasteiger partial charge in [0.1, 0.15) is 6.61 Å². The second-order valence-corrected chi connectivity index (χ2v) is 5.00. The Bertz CT molecular complexity index is 417. The van der Waals surface area contributed by atoms with E-state index in [1.165, 1.54) is 0 Å². The van der Waals surface area contributed by atoms with Crippen LogP contribution in [0, 0.1) is 0 Å². The van der Waals surface area contributed by atoms with Gasteiger partial charge in [0.2, 0.25) is 5.91 Å². The smallest absolute Gasteiger partial charge is 0.249 e. The fourth-order valence-corrected chi connectivity index (χ4v) is 2.36. The number of halogens is 1. The summed E-state index contributed by atoms with van der Waals surface area (Å²) in [6.07, 6.45) is 5.66. The van der Waals surface area contributed by atoms with Gasteiger partial charge in [-0.2, -0.15) is 0 Å². The van der Waals surface area contributed by atoms with Crippen LogP contribution in [-0.4, -0.2) is 48.6 Å². The van der Waals surface area contributed by atoms with Gasteiger partial charge in [0, 0.05) is 38.6 Å². The predicted molar refractivity (Wildman–Crippen MR) is 84.5 cm³/mol. The maximum Gasteiger partial charge on any atom is 0.249 e. The first-order valence-electron chi connectivity index (χ1n) is 7.30. The minimum atomic E-state index is 0. The number of nitrogens with one attached hydrogen (secondary N) is 1. The number of hydrogen-bond donors (Lipinski definition) is 1. The predicted octanol–water partition coefficient (Wildman–Crippen LogP) is 1.79. The first-order chi connectivity index (χ1) is 9.83. The molecule has 2 rings (SSSR count). The minimum absolute atomic E-state index is 0. The van der Waals surface area contributed by atoms with E-state index in [1.807, 2.05) is 23.2 Å². The maximum atomic E-state index is 12.3. The Morgan fingerprint density at radius 1 is 1.57 bits per heavy atom. The van der Waals surface area contributed by atoms with E-state index in [1.54, 1.807) is 6.20 Å². The molecule has 1 unspecified atom stereocenters. The van der Waals surface area contributed by atoms with Crippen molar-refractivity contribution in [1.82, 2.24) is 15.2 Å². The molecule has 118 valence electrons. The van der Waals surface area contributed by atoms with Crippen molar-refractivity contribution in [1.29, 1.82) is 0 Å². The van der Waals surface area contributed by atoms with Gasteiger partial charge in [0.15, 0.2) is 0 Å². The molecule has 1 aliphatic rings. The number of amides is 1. The number of rotatable bonds is 6. The molecule has 1 aromatic rings. The lowest BCUT2D eigenvalue weighted by Crippen LogP contribution is -2.49. The molecule has 1 aliphatic heterocycles. The summed E-state index contributed by atoms with van der Waals surface area (Å²) in [6, 6.07) is 3.98. The summed E-state index contributed by atoms with van der Waals surface area (Å²) >= 11 is 0. The summed E-state index contributed by atoms with van der Waals surface area (Å²) < 4.78 is 5.45. The molecule has 0 bridgehead atoms. The molecule has 0 saturated carbocycles. The van der Waals surface area contributed by atoms with E-state index in [-0.39, 0.29) is 31.0 Å². The highest BCUT2D eigenvalue weighted by Crippen LogP contribution is 2.21. The van der Waals surface area contributed by atoms with E-state index in [0.717, 1.165) is 38.0 Å². The zero-order chi connectivity index (χ0) is 14.2. The number of unbranched alkanes of at least 4 members (excludes halogenated alkanes) is 1. The van der Waals surface area contributed by atoms with Gasteiger partial charge in [-0.15, -0.1) is 12.4 Å². The van der Waals surface area contributed by atoms with Gasteiger partial charge in [0.05, 0.1) is 6.04 Å². The number of aromatic nitrogens is 1. The Hall–Kier alpha value is -1.17. The number of carbonyl (C=O) groups is 1. The SMILES string of the molecule is CCCCOCC(=O)N1CCNCC1c1cccnc1.Cl. The highest BCUT2D eigenvalue weighted by molar-refractivity contribution is 5.85. The summed E-state index contributed by atoms with van der Waals surface area (Å²) in [6.45, 7) is 5.27. The molecule has 1 aromatic heterocycles. The maximum absolute atomic E-state index is 12.3. The Balaban J connectivity index is 0.00000220. The second kappa shape index (κ2) is 9.71. The number of hydrogen-bond acceptors (Lipinski definition) is 4. The van der Waals surface area contributed by atoms with E-state index in [9.17, 15) is 4.79 Å². The number of carbonyl (C=O) groups excluding carboxylic acids is 1. The van der Waals surface area contributed by atoms with E-state index in [4.69, 9.17) is 4.74 Å². The summed E-state index contributed by atoms with van der Waals surface area (Å²) in [5.41, 5.74) is 1.07. The van der Waals surface area contributed by atoms with Crippen LogP contribution in [0.2, 0.25) is 0 Å². The van der Waals surface area contributed by atoms with Crippen molar-refractivity contribution < 1.29 is 9.53 Å². The molecule has 0 aliphatic carbocycles. The average Bonchev–Trinajstić information content (AvgIpc) is 2.52. The van der Waals surface area contributed by atoms with Crippen molar-refractivity contribution in [2.75, 3.05) is 32.8 Å². The Labute approximate surface area is 132 Å². The molecule has 1 saturated heterocycles. The van der Waals surface area contributed by atoms with Crippen molar-refractivity contribution >= 4 is 18.3 Å². The van der Waals surface area contributed by atoms with Crippen LogP contribution >= 0.6 is 12.4 Å². The van der Waals surface area contributed by atoms with E-state index in [2.05, 4.69) is 17.2 Å². The minimum Gasteiger partial charge on any atom is -0.372 e. The summed E-state index contributed by atoms with van der Waals surface area (Å²) in [5.74, 6) is 0.0662. The zero-order valence-corrected chi connectivity index (χ0v) is 13.3. The topological polar surface area (TPSA) is 54.5 Å². The molecule has 0 spiro atoms. The van der Waals surface area contributed by atoms with Crippen LogP contribution in [0.5, 0.6) is 0 Å². The van der Waals surface area contributed by atoms with Crippen molar-refractivity contribution in [3.05, 3.63) is 30.1 Å². The first kappa shape index (κ1) is 17.9. The molecule has 1 fully saturated rings. The average molecular weight is 314 g/mol. The molecule has 1 amide bonds. The van der Waals surface area contributed by atoms with Gasteiger partial charge >= 0.3 is 0 Å². The van der Waals surface area contributed by atoms with Gasteiger partial charge in [-0.1, -0.05) is 19.4 Å². The molecule has 6 heteroatoms. The van der Waals surface area contributed by atoms with Gasteiger partial charge in [-0.3, -0.25) is 9.78 Å². The molecular weight excluding hydrogens is 290 g/mol. The van der Waals surface area contributed by atoms with Crippen LogP contribution in [0.4, 0.5) is 0 Å². The van der Waals surface area contributed by atoms with Crippen molar-refractivity contribution in [3.8, 4) is 0 Å². The lowest BCUT2D eigenvalue weighted by atomic mass is 10.1. The van der Waals surface area contributed by atoms with E-state index < -0.39 is 0 Å². The zero-order valence-electron chi connectivity index (χ0n) is 12.5. The molecular formula is C15H24ClN3O2. The summed E-state index contributed by atoms with van der Waals surface area (Å²) in [4.78, 5) is 18.3. The molecule has 0 aromatic carbocycles. The van der Waals surface area contributed by atoms with Gasteiger partial charge in [-0.25, -0.2) is 0 Å². The quantitative estimate of drug-likeness (QED) is 0.814. The second-order valence-electron chi connectivity index (χ2n) is 5.00. The highest BCUT2D eigenvalue weighted by atomic mass is 35.5. The van der Waals surface area contributed by atoms with E-state index >= 15 is 0 Å². The van der Waals surface area contributed by atoms with Crippen LogP contribution in [-0.2, 0) is 9.53 Å². The van der Waals surface area contributed by atoms with Crippen LogP contribution in [0.1, 0.15) is 31.4 Å². The van der Waals surface area contributed by atoms with Crippen LogP contribution in [0.15, 0.2) is 24.5 Å². The number of nitrogens with zero attached hydrogens (tertiary/aromatic N) is 2. The normalized spacial score (nSPS) is 18.1. The molecule has 2 heterocycles. The third kappa shape index (κ3) is 5.26. The summed E-state index contributed by atoms with van der Waals surface area (Å²) in [5, 5.41) is 3.33. The standard InChI is InChI=1S/C15H23N3O2.ClH/c1-2-3-9-20-12-15(19)18-8-7-17-11-14(18)13-5-4-6-16-10-13;/h4-6,10,14,17H,2-3,7-9,11-12H2,1H3;1H. The van der Waals surface area contributed by atoms with Crippen molar-refractivity contribution in [2.24, 2.45) is 0 Å². The molecule has 1 atom stereocenters. The Kier molecular flexibility index (Phi) is 8.27. The molecule has 0 radical (unpaired) electrons. The first-order valence-corrected chi connectivity index (χ1v) is 7.30. The number of ether oxygens (including phenoxy) is 1. The monoisotopic (exact) mass is 313 g/mol. The molecule has 21 heavy (non-hydrogen) atoms.